The lowest BCUT2D eigenvalue weighted by molar-refractivity contribution is -0.139. The number of carboxylic acid groups (broad SMARTS) is 1. The average Bonchev–Trinajstić information content (AvgIpc) is 2.97. The summed E-state index contributed by atoms with van der Waals surface area (Å²) in [6.07, 6.45) is 7.85. The zero-order valence-corrected chi connectivity index (χ0v) is 16.8. The monoisotopic (exact) mass is 390 g/mol. The van der Waals surface area contributed by atoms with Crippen LogP contribution in [0.15, 0.2) is 18.2 Å². The van der Waals surface area contributed by atoms with Gasteiger partial charge in [-0.3, -0.25) is 0 Å². The van der Waals surface area contributed by atoms with Gasteiger partial charge in [0.15, 0.2) is 6.61 Å². The van der Waals surface area contributed by atoms with Crippen LogP contribution in [0.2, 0.25) is 0 Å². The van der Waals surface area contributed by atoms with Crippen molar-refractivity contribution in [2.45, 2.75) is 76.9 Å². The van der Waals surface area contributed by atoms with Crippen molar-refractivity contribution in [1.29, 1.82) is 0 Å². The molecule has 0 heterocycles. The highest BCUT2D eigenvalue weighted by atomic mass is 16.5. The minimum absolute atomic E-state index is 0.238. The zero-order chi connectivity index (χ0) is 20.1. The molecule has 0 aromatic heterocycles. The van der Waals surface area contributed by atoms with E-state index in [0.29, 0.717) is 17.6 Å². The molecule has 5 heteroatoms. The Labute approximate surface area is 167 Å². The molecule has 2 aliphatic rings. The summed E-state index contributed by atoms with van der Waals surface area (Å²) in [5.74, 6) is 0.768. The summed E-state index contributed by atoms with van der Waals surface area (Å²) in [7, 11) is 0. The normalized spacial score (nSPS) is 27.1. The molecule has 156 valence electrons. The van der Waals surface area contributed by atoms with Gasteiger partial charge in [-0.15, -0.1) is 0 Å². The van der Waals surface area contributed by atoms with E-state index in [-0.39, 0.29) is 24.7 Å². The second-order valence-electron chi connectivity index (χ2n) is 8.60. The molecule has 0 radical (unpaired) electrons. The molecule has 1 aromatic carbocycles. The van der Waals surface area contributed by atoms with Gasteiger partial charge in [-0.25, -0.2) is 4.79 Å². The molecule has 2 aliphatic carbocycles. The van der Waals surface area contributed by atoms with Gasteiger partial charge in [-0.2, -0.15) is 0 Å². The Bertz CT molecular complexity index is 658. The van der Waals surface area contributed by atoms with E-state index in [9.17, 15) is 15.0 Å². The Morgan fingerprint density at radius 3 is 2.82 bits per heavy atom. The van der Waals surface area contributed by atoms with Gasteiger partial charge in [-0.1, -0.05) is 38.3 Å². The third-order valence-corrected chi connectivity index (χ3v) is 6.67. The maximum absolute atomic E-state index is 10.8. The molecule has 0 aliphatic heterocycles. The first-order chi connectivity index (χ1) is 13.5. The molecule has 0 amide bonds. The summed E-state index contributed by atoms with van der Waals surface area (Å²) in [5, 5.41) is 29.8. The lowest BCUT2D eigenvalue weighted by atomic mass is 9.73. The van der Waals surface area contributed by atoms with E-state index in [1.54, 1.807) is 0 Å². The number of aliphatic carboxylic acids is 1. The summed E-state index contributed by atoms with van der Waals surface area (Å²) >= 11 is 0. The maximum Gasteiger partial charge on any atom is 0.341 e. The molecule has 1 saturated carbocycles. The topological polar surface area (TPSA) is 87.0 Å². The van der Waals surface area contributed by atoms with Crippen molar-refractivity contribution in [1.82, 2.24) is 0 Å². The quantitative estimate of drug-likeness (QED) is 0.532. The van der Waals surface area contributed by atoms with E-state index >= 15 is 0 Å². The Balaban J connectivity index is 1.62. The van der Waals surface area contributed by atoms with Crippen LogP contribution < -0.4 is 4.74 Å². The number of carbonyl (C=O) groups is 1. The lowest BCUT2D eigenvalue weighted by Crippen LogP contribution is -2.28. The first-order valence-corrected chi connectivity index (χ1v) is 10.8. The van der Waals surface area contributed by atoms with E-state index in [0.717, 1.165) is 63.4 Å². The molecule has 28 heavy (non-hydrogen) atoms. The van der Waals surface area contributed by atoms with Crippen LogP contribution in [0.3, 0.4) is 0 Å². The van der Waals surface area contributed by atoms with E-state index in [1.807, 2.05) is 12.1 Å². The molecule has 4 unspecified atom stereocenters. The predicted octanol–water partition coefficient (Wildman–Crippen LogP) is 3.58. The van der Waals surface area contributed by atoms with Crippen LogP contribution in [0.1, 0.15) is 63.0 Å². The minimum atomic E-state index is -0.972. The summed E-state index contributed by atoms with van der Waals surface area (Å²) in [6, 6.07) is 5.87. The molecule has 0 bridgehead atoms. The Morgan fingerprint density at radius 1 is 1.25 bits per heavy atom. The van der Waals surface area contributed by atoms with Gasteiger partial charge < -0.3 is 20.1 Å². The van der Waals surface area contributed by atoms with Crippen molar-refractivity contribution in [2.24, 2.45) is 17.8 Å². The fraction of sp³-hybridized carbons (Fsp3) is 0.696. The highest BCUT2D eigenvalue weighted by Crippen LogP contribution is 2.48. The Morgan fingerprint density at radius 2 is 2.07 bits per heavy atom. The van der Waals surface area contributed by atoms with Crippen LogP contribution in [-0.2, 0) is 17.6 Å². The van der Waals surface area contributed by atoms with E-state index < -0.39 is 5.97 Å². The van der Waals surface area contributed by atoms with E-state index in [4.69, 9.17) is 9.84 Å². The third kappa shape index (κ3) is 5.06. The molecule has 5 nitrogen and oxygen atoms in total. The maximum atomic E-state index is 10.8. The van der Waals surface area contributed by atoms with E-state index in [1.165, 1.54) is 5.56 Å². The summed E-state index contributed by atoms with van der Waals surface area (Å²) < 4.78 is 5.50. The van der Waals surface area contributed by atoms with Crippen LogP contribution in [0.25, 0.3) is 0 Å². The molecular formula is C23H34O5. The molecule has 5 atom stereocenters. The third-order valence-electron chi connectivity index (χ3n) is 6.67. The molecule has 0 spiro atoms. The summed E-state index contributed by atoms with van der Waals surface area (Å²) in [6.45, 7) is 1.84. The van der Waals surface area contributed by atoms with E-state index in [2.05, 4.69) is 13.0 Å². The van der Waals surface area contributed by atoms with Gasteiger partial charge >= 0.3 is 5.97 Å². The number of hydrogen-bond acceptors (Lipinski definition) is 4. The number of aliphatic hydroxyl groups is 2. The number of ether oxygens (including phenoxy) is 1. The SMILES string of the molecule is CCCCCC(O)CCC1C2Cc3cccc(OCC(=O)O)c3CC2C[C@H]1O. The Kier molecular flexibility index (Phi) is 7.36. The van der Waals surface area contributed by atoms with Crippen LogP contribution in [-0.4, -0.2) is 40.1 Å². The smallest absolute Gasteiger partial charge is 0.341 e. The van der Waals surface area contributed by atoms with Gasteiger partial charge in [-0.05, 0) is 73.5 Å². The Hall–Kier alpha value is -1.59. The van der Waals surface area contributed by atoms with Gasteiger partial charge in [0, 0.05) is 0 Å². The van der Waals surface area contributed by atoms with Crippen LogP contribution in [0.4, 0.5) is 0 Å². The van der Waals surface area contributed by atoms with Crippen LogP contribution in [0.5, 0.6) is 5.75 Å². The number of aliphatic hydroxyl groups excluding tert-OH is 2. The van der Waals surface area contributed by atoms with Crippen LogP contribution >= 0.6 is 0 Å². The number of carboxylic acids is 1. The molecule has 1 fully saturated rings. The zero-order valence-electron chi connectivity index (χ0n) is 16.8. The number of benzene rings is 1. The number of unbranched alkanes of at least 4 members (excludes halogenated alkanes) is 2. The highest BCUT2D eigenvalue weighted by Gasteiger charge is 2.44. The minimum Gasteiger partial charge on any atom is -0.482 e. The summed E-state index contributed by atoms with van der Waals surface area (Å²) in [4.78, 5) is 10.8. The number of fused-ring (bicyclic) bond motifs is 2. The molecule has 3 rings (SSSR count). The van der Waals surface area contributed by atoms with Crippen molar-refractivity contribution in [3.05, 3.63) is 29.3 Å². The fourth-order valence-electron chi connectivity index (χ4n) is 5.24. The average molecular weight is 391 g/mol. The molecule has 3 N–H and O–H groups in total. The second kappa shape index (κ2) is 9.75. The molecular weight excluding hydrogens is 356 g/mol. The largest absolute Gasteiger partial charge is 0.482 e. The van der Waals surface area contributed by atoms with Crippen molar-refractivity contribution < 1.29 is 24.9 Å². The number of rotatable bonds is 10. The molecule has 1 aromatic rings. The standard InChI is InChI=1S/C23H34O5/c1-2-3-4-7-17(24)9-10-18-19-11-15-6-5-8-22(28-14-23(26)27)20(15)12-16(19)13-21(18)25/h5-6,8,16-19,21,24-25H,2-4,7,9-14H2,1H3,(H,26,27)/t16?,17?,18?,19?,21-/m1/s1. The predicted molar refractivity (Wildman–Crippen MR) is 107 cm³/mol. The van der Waals surface area contributed by atoms with Crippen molar-refractivity contribution >= 4 is 5.97 Å². The fourth-order valence-corrected chi connectivity index (χ4v) is 5.24. The van der Waals surface area contributed by atoms with Gasteiger partial charge in [0.2, 0.25) is 0 Å². The molecule has 0 saturated heterocycles. The lowest BCUT2D eigenvalue weighted by Gasteiger charge is -2.32. The van der Waals surface area contributed by atoms with Crippen molar-refractivity contribution in [2.75, 3.05) is 6.61 Å². The highest BCUT2D eigenvalue weighted by molar-refractivity contribution is 5.68. The first kappa shape index (κ1) is 21.1. The van der Waals surface area contributed by atoms with Crippen molar-refractivity contribution in [3.63, 3.8) is 0 Å². The van der Waals surface area contributed by atoms with Gasteiger partial charge in [0.1, 0.15) is 5.75 Å². The van der Waals surface area contributed by atoms with Gasteiger partial charge in [0.25, 0.3) is 0 Å². The number of hydrogen-bond donors (Lipinski definition) is 3. The first-order valence-electron chi connectivity index (χ1n) is 10.8. The van der Waals surface area contributed by atoms with Gasteiger partial charge in [0.05, 0.1) is 12.2 Å². The second-order valence-corrected chi connectivity index (χ2v) is 8.60. The summed E-state index contributed by atoms with van der Waals surface area (Å²) in [5.41, 5.74) is 2.32. The van der Waals surface area contributed by atoms with Crippen molar-refractivity contribution in [3.8, 4) is 5.75 Å². The van der Waals surface area contributed by atoms with Crippen LogP contribution in [0, 0.1) is 17.8 Å².